The fraction of sp³-hybridized carbons (Fsp3) is 0.714. The number of aliphatic hydroxyl groups excluding tert-OH is 1. The van der Waals surface area contributed by atoms with E-state index >= 15 is 0 Å². The maximum absolute atomic E-state index is 12.5. The Labute approximate surface area is 222 Å². The molecule has 212 valence electrons. The van der Waals surface area contributed by atoms with Crippen molar-refractivity contribution >= 4 is 11.8 Å². The van der Waals surface area contributed by atoms with Gasteiger partial charge >= 0.3 is 0 Å². The molecular weight excluding hydrogens is 474 g/mol. The number of rotatable bonds is 18. The Morgan fingerprint density at radius 3 is 2.32 bits per heavy atom. The van der Waals surface area contributed by atoms with Gasteiger partial charge in [-0.2, -0.15) is 0 Å². The Morgan fingerprint density at radius 2 is 1.76 bits per heavy atom. The van der Waals surface area contributed by atoms with Crippen LogP contribution < -0.4 is 26.3 Å². The van der Waals surface area contributed by atoms with Gasteiger partial charge in [0.25, 0.3) is 0 Å². The van der Waals surface area contributed by atoms with Crippen molar-refractivity contribution in [2.24, 2.45) is 34.6 Å². The number of carbonyl (C=O) groups excluding carboxylic acids is 2. The molecule has 1 rings (SSSR count). The third-order valence-electron chi connectivity index (χ3n) is 6.90. The van der Waals surface area contributed by atoms with Crippen LogP contribution in [0.3, 0.4) is 0 Å². The molecule has 0 saturated carbocycles. The van der Waals surface area contributed by atoms with Gasteiger partial charge in [0.1, 0.15) is 0 Å². The van der Waals surface area contributed by atoms with Crippen molar-refractivity contribution in [3.8, 4) is 11.5 Å². The van der Waals surface area contributed by atoms with E-state index in [0.717, 1.165) is 18.4 Å². The van der Waals surface area contributed by atoms with Gasteiger partial charge < -0.3 is 36.1 Å². The summed E-state index contributed by atoms with van der Waals surface area (Å²) in [6.07, 6.45) is 1.57. The van der Waals surface area contributed by atoms with E-state index in [1.807, 2.05) is 18.2 Å². The quantitative estimate of drug-likeness (QED) is 0.216. The van der Waals surface area contributed by atoms with Gasteiger partial charge in [0.15, 0.2) is 11.5 Å². The van der Waals surface area contributed by atoms with E-state index in [-0.39, 0.29) is 24.8 Å². The Morgan fingerprint density at radius 1 is 1.08 bits per heavy atom. The van der Waals surface area contributed by atoms with Crippen molar-refractivity contribution in [1.82, 2.24) is 5.32 Å². The average Bonchev–Trinajstić information content (AvgIpc) is 2.84. The van der Waals surface area contributed by atoms with E-state index in [2.05, 4.69) is 19.2 Å². The Bertz CT molecular complexity index is 845. The molecule has 0 fully saturated rings. The average molecular weight is 524 g/mol. The van der Waals surface area contributed by atoms with Gasteiger partial charge in [0.2, 0.25) is 11.8 Å². The second kappa shape index (κ2) is 15.8. The van der Waals surface area contributed by atoms with Crippen LogP contribution in [0.4, 0.5) is 0 Å². The number of hydrogen-bond acceptors (Lipinski definition) is 7. The first-order valence-electron chi connectivity index (χ1n) is 13.1. The van der Waals surface area contributed by atoms with E-state index < -0.39 is 29.4 Å². The number of ether oxygens (including phenoxy) is 3. The molecule has 9 heteroatoms. The molecular formula is C28H49N3O6. The van der Waals surface area contributed by atoms with Crippen LogP contribution in [-0.2, 0) is 20.7 Å². The highest BCUT2D eigenvalue weighted by Gasteiger charge is 2.29. The molecule has 2 amide bonds. The minimum Gasteiger partial charge on any atom is -0.493 e. The molecule has 0 aliphatic rings. The largest absolute Gasteiger partial charge is 0.493 e. The van der Waals surface area contributed by atoms with Gasteiger partial charge in [-0.05, 0) is 62.6 Å². The molecule has 0 aliphatic heterocycles. The van der Waals surface area contributed by atoms with E-state index in [4.69, 9.17) is 25.7 Å². The van der Waals surface area contributed by atoms with Crippen molar-refractivity contribution in [2.75, 3.05) is 34.0 Å². The highest BCUT2D eigenvalue weighted by molar-refractivity contribution is 5.82. The fourth-order valence-corrected chi connectivity index (χ4v) is 3.96. The summed E-state index contributed by atoms with van der Waals surface area (Å²) in [6, 6.07) is 5.46. The first kappa shape index (κ1) is 32.7. The van der Waals surface area contributed by atoms with Gasteiger partial charge in [-0.15, -0.1) is 0 Å². The molecule has 0 aliphatic carbocycles. The third-order valence-corrected chi connectivity index (χ3v) is 6.90. The second-order valence-electron chi connectivity index (χ2n) is 11.0. The lowest BCUT2D eigenvalue weighted by molar-refractivity contribution is -0.128. The highest BCUT2D eigenvalue weighted by Crippen LogP contribution is 2.31. The number of hydrogen-bond donors (Lipinski definition) is 4. The van der Waals surface area contributed by atoms with Crippen LogP contribution in [0.5, 0.6) is 11.5 Å². The summed E-state index contributed by atoms with van der Waals surface area (Å²) in [5.41, 5.74) is 12.0. The summed E-state index contributed by atoms with van der Waals surface area (Å²) in [5.74, 6) is 0.758. The summed E-state index contributed by atoms with van der Waals surface area (Å²) in [4.78, 5) is 24.0. The van der Waals surface area contributed by atoms with E-state index in [1.165, 1.54) is 0 Å². The van der Waals surface area contributed by atoms with Crippen LogP contribution in [0.15, 0.2) is 18.2 Å². The molecule has 0 aromatic heterocycles. The molecule has 37 heavy (non-hydrogen) atoms. The molecule has 0 heterocycles. The number of amides is 2. The lowest BCUT2D eigenvalue weighted by atomic mass is 9.82. The predicted molar refractivity (Wildman–Crippen MR) is 145 cm³/mol. The van der Waals surface area contributed by atoms with Crippen molar-refractivity contribution in [1.29, 1.82) is 0 Å². The van der Waals surface area contributed by atoms with Crippen LogP contribution in [0.2, 0.25) is 0 Å². The van der Waals surface area contributed by atoms with E-state index in [9.17, 15) is 14.7 Å². The summed E-state index contributed by atoms with van der Waals surface area (Å²) >= 11 is 0. The number of methoxy groups -OCH3 is 2. The minimum absolute atomic E-state index is 0.142. The molecule has 0 saturated heterocycles. The monoisotopic (exact) mass is 523 g/mol. The molecule has 9 nitrogen and oxygen atoms in total. The Hall–Kier alpha value is -2.36. The zero-order valence-electron chi connectivity index (χ0n) is 23.7. The van der Waals surface area contributed by atoms with Crippen molar-refractivity contribution < 1.29 is 28.9 Å². The maximum atomic E-state index is 12.5. The SMILES string of the molecule is COCCCOc1cc(C[C@@H](C[C@H](N)[C@@H](O)C[C@@H](C)C(=O)NCC(C)(C)C(N)=O)C(C)C)ccc1OC. The number of nitrogens with one attached hydrogen (secondary N) is 1. The van der Waals surface area contributed by atoms with Crippen molar-refractivity contribution in [3.63, 3.8) is 0 Å². The van der Waals surface area contributed by atoms with Crippen molar-refractivity contribution in [3.05, 3.63) is 23.8 Å². The molecule has 4 atom stereocenters. The summed E-state index contributed by atoms with van der Waals surface area (Å²) in [7, 11) is 3.28. The summed E-state index contributed by atoms with van der Waals surface area (Å²) in [6.45, 7) is 10.7. The summed E-state index contributed by atoms with van der Waals surface area (Å²) in [5, 5.41) is 13.5. The van der Waals surface area contributed by atoms with Crippen LogP contribution in [0, 0.1) is 23.2 Å². The Balaban J connectivity index is 2.75. The van der Waals surface area contributed by atoms with E-state index in [1.54, 1.807) is 35.0 Å². The van der Waals surface area contributed by atoms with Gasteiger partial charge in [-0.25, -0.2) is 0 Å². The predicted octanol–water partition coefficient (Wildman–Crippen LogP) is 2.66. The standard InChI is InChI=1S/C28H49N3O6/c1-18(2)21(14-20-9-10-24(36-7)25(15-20)37-12-8-11-35-6)16-22(29)23(32)13-19(3)26(33)31-17-28(4,5)27(30)34/h9-10,15,18-19,21-23,32H,8,11-14,16-17,29H2,1-7H3,(H2,30,34)(H,31,33)/t19-,21+,22+,23+/m1/s1. The zero-order valence-corrected chi connectivity index (χ0v) is 23.7. The molecule has 1 aromatic carbocycles. The smallest absolute Gasteiger partial charge is 0.224 e. The third kappa shape index (κ3) is 11.3. The highest BCUT2D eigenvalue weighted by atomic mass is 16.5. The van der Waals surface area contributed by atoms with E-state index in [0.29, 0.717) is 37.1 Å². The minimum atomic E-state index is -0.842. The number of benzene rings is 1. The maximum Gasteiger partial charge on any atom is 0.224 e. The van der Waals surface area contributed by atoms with Gasteiger partial charge in [-0.3, -0.25) is 9.59 Å². The molecule has 1 aromatic rings. The lowest BCUT2D eigenvalue weighted by Crippen LogP contribution is -2.45. The van der Waals surface area contributed by atoms with Crippen LogP contribution in [0.25, 0.3) is 0 Å². The number of primary amides is 1. The van der Waals surface area contributed by atoms with Gasteiger partial charge in [-0.1, -0.05) is 26.8 Å². The first-order chi connectivity index (χ1) is 17.3. The number of aliphatic hydroxyl groups is 1. The van der Waals surface area contributed by atoms with Crippen LogP contribution >= 0.6 is 0 Å². The number of carbonyl (C=O) groups is 2. The normalized spacial score (nSPS) is 15.1. The Kier molecular flexibility index (Phi) is 13.9. The van der Waals surface area contributed by atoms with Gasteiger partial charge in [0, 0.05) is 38.6 Å². The number of nitrogens with two attached hydrogens (primary N) is 2. The van der Waals surface area contributed by atoms with Crippen LogP contribution in [0.1, 0.15) is 59.4 Å². The zero-order chi connectivity index (χ0) is 28.2. The lowest BCUT2D eigenvalue weighted by Gasteiger charge is -2.29. The van der Waals surface area contributed by atoms with Crippen molar-refractivity contribution in [2.45, 2.75) is 72.4 Å². The fourth-order valence-electron chi connectivity index (χ4n) is 3.96. The molecule has 6 N–H and O–H groups in total. The van der Waals surface area contributed by atoms with Crippen LogP contribution in [-0.4, -0.2) is 63.0 Å². The second-order valence-corrected chi connectivity index (χ2v) is 11.0. The summed E-state index contributed by atoms with van der Waals surface area (Å²) < 4.78 is 16.4. The molecule has 0 bridgehead atoms. The first-order valence-corrected chi connectivity index (χ1v) is 13.1. The molecule has 0 spiro atoms. The molecule has 0 unspecified atom stereocenters. The molecule has 0 radical (unpaired) electrons. The van der Waals surface area contributed by atoms with Gasteiger partial charge in [0.05, 0.1) is 25.2 Å². The topological polar surface area (TPSA) is 146 Å².